The molecular weight excluding hydrogens is 334 g/mol. The number of methoxy groups -OCH3 is 1. The lowest BCUT2D eigenvalue weighted by atomic mass is 9.95. The SMILES string of the molecule is COc1cc(C2C(Cl)C(=O)N2NC(=O)c2ccncc2)ccc1O. The molecule has 0 bridgehead atoms. The summed E-state index contributed by atoms with van der Waals surface area (Å²) in [6.07, 6.45) is 2.97. The van der Waals surface area contributed by atoms with Gasteiger partial charge in [-0.1, -0.05) is 6.07 Å². The van der Waals surface area contributed by atoms with Crippen molar-refractivity contribution < 1.29 is 19.4 Å². The Kier molecular flexibility index (Phi) is 4.26. The van der Waals surface area contributed by atoms with Crippen LogP contribution in [0.25, 0.3) is 0 Å². The monoisotopic (exact) mass is 347 g/mol. The van der Waals surface area contributed by atoms with Crippen LogP contribution < -0.4 is 10.2 Å². The Morgan fingerprint density at radius 2 is 2.04 bits per heavy atom. The van der Waals surface area contributed by atoms with E-state index in [4.69, 9.17) is 16.3 Å². The molecule has 2 heterocycles. The van der Waals surface area contributed by atoms with Crippen LogP contribution in [0.2, 0.25) is 0 Å². The van der Waals surface area contributed by atoms with Crippen molar-refractivity contribution in [2.75, 3.05) is 7.11 Å². The van der Waals surface area contributed by atoms with Gasteiger partial charge in [0, 0.05) is 18.0 Å². The first-order chi connectivity index (χ1) is 11.5. The van der Waals surface area contributed by atoms with Crippen LogP contribution in [0.15, 0.2) is 42.7 Å². The van der Waals surface area contributed by atoms with Gasteiger partial charge in [-0.25, -0.2) is 5.01 Å². The molecule has 3 rings (SSSR count). The molecule has 1 fully saturated rings. The van der Waals surface area contributed by atoms with Crippen LogP contribution in [0.3, 0.4) is 0 Å². The van der Waals surface area contributed by atoms with E-state index in [0.29, 0.717) is 11.1 Å². The summed E-state index contributed by atoms with van der Waals surface area (Å²) in [5.74, 6) is -0.609. The quantitative estimate of drug-likeness (QED) is 0.648. The number of ether oxygens (including phenoxy) is 1. The predicted molar refractivity (Wildman–Crippen MR) is 85.6 cm³/mol. The summed E-state index contributed by atoms with van der Waals surface area (Å²) in [5.41, 5.74) is 3.55. The zero-order valence-corrected chi connectivity index (χ0v) is 13.4. The minimum Gasteiger partial charge on any atom is -0.504 e. The summed E-state index contributed by atoms with van der Waals surface area (Å²) < 4.78 is 5.06. The smallest absolute Gasteiger partial charge is 0.270 e. The van der Waals surface area contributed by atoms with Crippen LogP contribution in [0.5, 0.6) is 11.5 Å². The van der Waals surface area contributed by atoms with E-state index in [9.17, 15) is 14.7 Å². The predicted octanol–water partition coefficient (Wildman–Crippen LogP) is 1.63. The fraction of sp³-hybridized carbons (Fsp3) is 0.188. The van der Waals surface area contributed by atoms with E-state index in [2.05, 4.69) is 10.4 Å². The maximum Gasteiger partial charge on any atom is 0.270 e. The Balaban J connectivity index is 1.83. The molecule has 2 unspecified atom stereocenters. The van der Waals surface area contributed by atoms with Gasteiger partial charge in [0.1, 0.15) is 11.4 Å². The van der Waals surface area contributed by atoms with Crippen molar-refractivity contribution in [3.8, 4) is 11.5 Å². The number of nitrogens with zero attached hydrogens (tertiary/aromatic N) is 2. The Hall–Kier alpha value is -2.80. The van der Waals surface area contributed by atoms with Crippen molar-refractivity contribution in [1.82, 2.24) is 15.4 Å². The van der Waals surface area contributed by atoms with Crippen molar-refractivity contribution >= 4 is 23.4 Å². The van der Waals surface area contributed by atoms with E-state index in [-0.39, 0.29) is 11.5 Å². The van der Waals surface area contributed by atoms with Gasteiger partial charge in [-0.3, -0.25) is 20.0 Å². The molecule has 2 amide bonds. The lowest BCUT2D eigenvalue weighted by Crippen LogP contribution is -2.63. The maximum absolute atomic E-state index is 12.2. The minimum absolute atomic E-state index is 0.0228. The lowest BCUT2D eigenvalue weighted by molar-refractivity contribution is -0.149. The number of phenols is 1. The first-order valence-corrected chi connectivity index (χ1v) is 7.51. The zero-order chi connectivity index (χ0) is 17.3. The number of aromatic nitrogens is 1. The highest BCUT2D eigenvalue weighted by Gasteiger charge is 2.48. The number of amides is 2. The third-order valence-electron chi connectivity index (χ3n) is 3.74. The van der Waals surface area contributed by atoms with Crippen LogP contribution in [-0.4, -0.2) is 39.4 Å². The number of hydrogen-bond donors (Lipinski definition) is 2. The Morgan fingerprint density at radius 1 is 1.33 bits per heavy atom. The Labute approximate surface area is 142 Å². The highest BCUT2D eigenvalue weighted by atomic mass is 35.5. The molecule has 1 aliphatic rings. The van der Waals surface area contributed by atoms with Gasteiger partial charge >= 0.3 is 0 Å². The molecule has 7 nitrogen and oxygen atoms in total. The number of carbonyl (C=O) groups excluding carboxylic acids is 2. The second-order valence-electron chi connectivity index (χ2n) is 5.16. The van der Waals surface area contributed by atoms with Crippen LogP contribution in [0.4, 0.5) is 0 Å². The van der Waals surface area contributed by atoms with Crippen LogP contribution in [0.1, 0.15) is 22.0 Å². The summed E-state index contributed by atoms with van der Waals surface area (Å²) in [6, 6.07) is 7.17. The molecule has 1 saturated heterocycles. The number of aromatic hydroxyl groups is 1. The van der Waals surface area contributed by atoms with Gasteiger partial charge in [-0.2, -0.15) is 0 Å². The van der Waals surface area contributed by atoms with E-state index in [1.165, 1.54) is 42.7 Å². The summed E-state index contributed by atoms with van der Waals surface area (Å²) in [4.78, 5) is 28.1. The summed E-state index contributed by atoms with van der Waals surface area (Å²) >= 11 is 6.10. The molecule has 2 N–H and O–H groups in total. The molecule has 0 saturated carbocycles. The van der Waals surface area contributed by atoms with Gasteiger partial charge in [0.2, 0.25) is 0 Å². The largest absolute Gasteiger partial charge is 0.504 e. The standard InChI is InChI=1S/C16H14ClN3O4/c1-24-12-8-10(2-3-11(12)21)14-13(17)16(23)20(14)19-15(22)9-4-6-18-7-5-9/h2-8,13-14,21H,1H3,(H,19,22). The fourth-order valence-electron chi connectivity index (χ4n) is 2.45. The molecule has 1 aliphatic heterocycles. The summed E-state index contributed by atoms with van der Waals surface area (Å²) in [5, 5.41) is 10.0. The molecule has 0 aliphatic carbocycles. The van der Waals surface area contributed by atoms with Gasteiger partial charge in [-0.15, -0.1) is 11.6 Å². The number of carbonyl (C=O) groups is 2. The number of halogens is 1. The van der Waals surface area contributed by atoms with Crippen LogP contribution in [0, 0.1) is 0 Å². The number of alkyl halides is 1. The lowest BCUT2D eigenvalue weighted by Gasteiger charge is -2.44. The summed E-state index contributed by atoms with van der Waals surface area (Å²) in [6.45, 7) is 0. The number of hydrazine groups is 1. The highest BCUT2D eigenvalue weighted by molar-refractivity contribution is 6.33. The maximum atomic E-state index is 12.2. The molecule has 24 heavy (non-hydrogen) atoms. The van der Waals surface area contributed by atoms with E-state index < -0.39 is 23.2 Å². The molecule has 2 aromatic rings. The second-order valence-corrected chi connectivity index (χ2v) is 5.63. The number of hydrogen-bond acceptors (Lipinski definition) is 5. The Bertz CT molecular complexity index is 784. The average Bonchev–Trinajstić information content (AvgIpc) is 2.62. The van der Waals surface area contributed by atoms with E-state index >= 15 is 0 Å². The van der Waals surface area contributed by atoms with Gasteiger partial charge in [0.25, 0.3) is 11.8 Å². The number of pyridine rings is 1. The van der Waals surface area contributed by atoms with Crippen molar-refractivity contribution in [2.45, 2.75) is 11.4 Å². The molecule has 1 aromatic heterocycles. The first kappa shape index (κ1) is 16.1. The fourth-order valence-corrected chi connectivity index (χ4v) is 2.82. The molecular formula is C16H14ClN3O4. The van der Waals surface area contributed by atoms with Crippen LogP contribution >= 0.6 is 11.6 Å². The van der Waals surface area contributed by atoms with Gasteiger partial charge in [0.15, 0.2) is 11.5 Å². The molecule has 0 spiro atoms. The third-order valence-corrected chi connectivity index (χ3v) is 4.16. The van der Waals surface area contributed by atoms with Crippen LogP contribution in [-0.2, 0) is 4.79 Å². The van der Waals surface area contributed by atoms with E-state index in [1.807, 2.05) is 0 Å². The van der Waals surface area contributed by atoms with Crippen molar-refractivity contribution in [2.24, 2.45) is 0 Å². The number of phenolic OH excluding ortho intramolecular Hbond substituents is 1. The molecule has 124 valence electrons. The van der Waals surface area contributed by atoms with Crippen molar-refractivity contribution in [3.05, 3.63) is 53.9 Å². The number of rotatable bonds is 4. The molecule has 8 heteroatoms. The number of β-lactam (4-membered cyclic amide) rings is 1. The summed E-state index contributed by atoms with van der Waals surface area (Å²) in [7, 11) is 1.42. The van der Waals surface area contributed by atoms with Gasteiger partial charge < -0.3 is 9.84 Å². The van der Waals surface area contributed by atoms with Gasteiger partial charge in [0.05, 0.1) is 7.11 Å². The normalized spacial score (nSPS) is 19.6. The first-order valence-electron chi connectivity index (χ1n) is 7.08. The van der Waals surface area contributed by atoms with Crippen molar-refractivity contribution in [3.63, 3.8) is 0 Å². The van der Waals surface area contributed by atoms with Crippen molar-refractivity contribution in [1.29, 1.82) is 0 Å². The van der Waals surface area contributed by atoms with Gasteiger partial charge in [-0.05, 0) is 29.8 Å². The molecule has 1 aromatic carbocycles. The highest BCUT2D eigenvalue weighted by Crippen LogP contribution is 2.40. The van der Waals surface area contributed by atoms with E-state index in [1.54, 1.807) is 12.1 Å². The number of nitrogens with one attached hydrogen (secondary N) is 1. The average molecular weight is 348 g/mol. The number of benzene rings is 1. The minimum atomic E-state index is -0.808. The Morgan fingerprint density at radius 3 is 2.71 bits per heavy atom. The third kappa shape index (κ3) is 2.74. The van der Waals surface area contributed by atoms with E-state index in [0.717, 1.165) is 0 Å². The topological polar surface area (TPSA) is 91.8 Å². The molecule has 2 atom stereocenters. The zero-order valence-electron chi connectivity index (χ0n) is 12.6. The second kappa shape index (κ2) is 6.37. The molecule has 0 radical (unpaired) electrons.